The third-order valence-corrected chi connectivity index (χ3v) is 6.52. The summed E-state index contributed by atoms with van der Waals surface area (Å²) in [5, 5.41) is 11.8. The number of aliphatic hydroxyl groups excluding tert-OH is 1. The molecule has 2 N–H and O–H groups in total. The standard InChI is InChI=1S/C29H33N3O3/c1-20(2)22-7-3-6-21(14-22)15-28(34)23-8-4-9-25(16-23)32-12-10-26-24(19-32)17-30-18-27(26)29(35)31-11-5-13-33/h3-4,6-9,14,16-18,20,33H,5,10-13,15,19H2,1-2H3,(H,31,35). The van der Waals surface area contributed by atoms with E-state index in [2.05, 4.69) is 41.2 Å². The lowest BCUT2D eigenvalue weighted by Gasteiger charge is -2.31. The zero-order valence-corrected chi connectivity index (χ0v) is 20.5. The van der Waals surface area contributed by atoms with Gasteiger partial charge in [0.15, 0.2) is 5.78 Å². The van der Waals surface area contributed by atoms with Gasteiger partial charge in [-0.1, -0.05) is 50.2 Å². The van der Waals surface area contributed by atoms with E-state index < -0.39 is 0 Å². The number of aliphatic hydroxyl groups is 1. The highest BCUT2D eigenvalue weighted by Gasteiger charge is 2.23. The number of carbonyl (C=O) groups is 2. The average Bonchev–Trinajstić information content (AvgIpc) is 2.88. The molecule has 4 rings (SSSR count). The van der Waals surface area contributed by atoms with E-state index >= 15 is 0 Å². The second kappa shape index (κ2) is 11.3. The fourth-order valence-electron chi connectivity index (χ4n) is 4.51. The van der Waals surface area contributed by atoms with Crippen LogP contribution in [0.4, 0.5) is 5.69 Å². The Morgan fingerprint density at radius 1 is 1.11 bits per heavy atom. The zero-order chi connectivity index (χ0) is 24.8. The van der Waals surface area contributed by atoms with Crippen molar-refractivity contribution in [2.45, 2.75) is 45.6 Å². The minimum absolute atomic E-state index is 0.0479. The summed E-state index contributed by atoms with van der Waals surface area (Å²) in [5.74, 6) is 0.385. The predicted molar refractivity (Wildman–Crippen MR) is 138 cm³/mol. The van der Waals surface area contributed by atoms with Crippen LogP contribution in [-0.4, -0.2) is 41.5 Å². The molecule has 6 nitrogen and oxygen atoms in total. The Morgan fingerprint density at radius 3 is 2.74 bits per heavy atom. The van der Waals surface area contributed by atoms with Crippen molar-refractivity contribution in [3.05, 3.63) is 94.3 Å². The highest BCUT2D eigenvalue weighted by molar-refractivity contribution is 5.98. The Bertz CT molecular complexity index is 1210. The Balaban J connectivity index is 1.47. The number of nitrogens with one attached hydrogen (secondary N) is 1. The summed E-state index contributed by atoms with van der Waals surface area (Å²) in [6.45, 7) is 6.18. The lowest BCUT2D eigenvalue weighted by atomic mass is 9.95. The van der Waals surface area contributed by atoms with Crippen molar-refractivity contribution in [1.29, 1.82) is 0 Å². The Hall–Kier alpha value is -3.51. The fraction of sp³-hybridized carbons (Fsp3) is 0.345. The molecule has 0 aliphatic carbocycles. The number of ketones is 1. The first-order chi connectivity index (χ1) is 17.0. The van der Waals surface area contributed by atoms with Gasteiger partial charge >= 0.3 is 0 Å². The lowest BCUT2D eigenvalue weighted by molar-refractivity contribution is 0.0948. The topological polar surface area (TPSA) is 82.5 Å². The molecule has 35 heavy (non-hydrogen) atoms. The molecular formula is C29H33N3O3. The number of hydrogen-bond donors (Lipinski definition) is 2. The maximum Gasteiger partial charge on any atom is 0.253 e. The van der Waals surface area contributed by atoms with Gasteiger partial charge in [-0.2, -0.15) is 0 Å². The lowest BCUT2D eigenvalue weighted by Crippen LogP contribution is -2.33. The molecule has 1 aromatic heterocycles. The highest BCUT2D eigenvalue weighted by atomic mass is 16.3. The van der Waals surface area contributed by atoms with E-state index in [0.717, 1.165) is 35.3 Å². The maximum absolute atomic E-state index is 13.1. The van der Waals surface area contributed by atoms with Gasteiger partial charge in [0.05, 0.1) is 5.56 Å². The number of aromatic nitrogens is 1. The van der Waals surface area contributed by atoms with E-state index in [-0.39, 0.29) is 18.3 Å². The third kappa shape index (κ3) is 5.95. The van der Waals surface area contributed by atoms with Gasteiger partial charge in [0.1, 0.15) is 0 Å². The van der Waals surface area contributed by atoms with Gasteiger partial charge in [-0.05, 0) is 53.1 Å². The second-order valence-corrected chi connectivity index (χ2v) is 9.38. The van der Waals surface area contributed by atoms with Gasteiger partial charge < -0.3 is 15.3 Å². The van der Waals surface area contributed by atoms with Crippen molar-refractivity contribution < 1.29 is 14.7 Å². The molecule has 3 aromatic rings. The molecule has 0 fully saturated rings. The van der Waals surface area contributed by atoms with E-state index in [1.165, 1.54) is 5.56 Å². The summed E-state index contributed by atoms with van der Waals surface area (Å²) < 4.78 is 0. The molecule has 0 atom stereocenters. The van der Waals surface area contributed by atoms with Crippen LogP contribution in [0.2, 0.25) is 0 Å². The van der Waals surface area contributed by atoms with Crippen LogP contribution in [0.1, 0.15) is 69.2 Å². The summed E-state index contributed by atoms with van der Waals surface area (Å²) in [6.07, 6.45) is 5.07. The smallest absolute Gasteiger partial charge is 0.253 e. The minimum atomic E-state index is -0.148. The van der Waals surface area contributed by atoms with E-state index in [1.807, 2.05) is 42.6 Å². The first-order valence-electron chi connectivity index (χ1n) is 12.3. The van der Waals surface area contributed by atoms with Gasteiger partial charge in [-0.25, -0.2) is 0 Å². The Labute approximate surface area is 207 Å². The van der Waals surface area contributed by atoms with Crippen LogP contribution in [0.25, 0.3) is 0 Å². The molecule has 0 bridgehead atoms. The van der Waals surface area contributed by atoms with Crippen molar-refractivity contribution in [1.82, 2.24) is 10.3 Å². The summed E-state index contributed by atoms with van der Waals surface area (Å²) in [4.78, 5) is 32.2. The van der Waals surface area contributed by atoms with Gasteiger partial charge in [0, 0.05) is 56.3 Å². The van der Waals surface area contributed by atoms with E-state index in [1.54, 1.807) is 6.20 Å². The quantitative estimate of drug-likeness (QED) is 0.359. The average molecular weight is 472 g/mol. The second-order valence-electron chi connectivity index (χ2n) is 9.38. The monoisotopic (exact) mass is 471 g/mol. The van der Waals surface area contributed by atoms with Gasteiger partial charge in [0.2, 0.25) is 0 Å². The Morgan fingerprint density at radius 2 is 1.94 bits per heavy atom. The summed E-state index contributed by atoms with van der Waals surface area (Å²) in [6, 6.07) is 16.1. The number of fused-ring (bicyclic) bond motifs is 1. The van der Waals surface area contributed by atoms with Crippen LogP contribution in [0.15, 0.2) is 60.9 Å². The molecule has 1 amide bonds. The van der Waals surface area contributed by atoms with Gasteiger partial charge in [-0.3, -0.25) is 14.6 Å². The first kappa shape index (κ1) is 24.6. The molecule has 2 heterocycles. The number of anilines is 1. The van der Waals surface area contributed by atoms with E-state index in [0.29, 0.717) is 43.0 Å². The third-order valence-electron chi connectivity index (χ3n) is 6.52. The molecule has 2 aromatic carbocycles. The van der Waals surface area contributed by atoms with Crippen LogP contribution in [-0.2, 0) is 19.4 Å². The first-order valence-corrected chi connectivity index (χ1v) is 12.3. The molecule has 0 saturated heterocycles. The number of benzene rings is 2. The molecule has 1 aliphatic heterocycles. The molecular weight excluding hydrogens is 438 g/mol. The van der Waals surface area contributed by atoms with Crippen molar-refractivity contribution in [2.24, 2.45) is 0 Å². The minimum Gasteiger partial charge on any atom is -0.396 e. The van der Waals surface area contributed by atoms with Crippen LogP contribution in [0.3, 0.4) is 0 Å². The van der Waals surface area contributed by atoms with E-state index in [4.69, 9.17) is 5.11 Å². The van der Waals surface area contributed by atoms with Crippen LogP contribution >= 0.6 is 0 Å². The molecule has 0 spiro atoms. The van der Waals surface area contributed by atoms with Crippen LogP contribution < -0.4 is 10.2 Å². The number of rotatable bonds is 9. The Kier molecular flexibility index (Phi) is 7.93. The van der Waals surface area contributed by atoms with Gasteiger partial charge in [0.25, 0.3) is 5.91 Å². The fourth-order valence-corrected chi connectivity index (χ4v) is 4.51. The molecule has 182 valence electrons. The maximum atomic E-state index is 13.1. The highest BCUT2D eigenvalue weighted by Crippen LogP contribution is 2.27. The van der Waals surface area contributed by atoms with Crippen molar-refractivity contribution in [3.63, 3.8) is 0 Å². The molecule has 0 saturated carbocycles. The number of hydrogen-bond acceptors (Lipinski definition) is 5. The number of pyridine rings is 1. The van der Waals surface area contributed by atoms with Crippen LogP contribution in [0, 0.1) is 0 Å². The molecule has 1 aliphatic rings. The van der Waals surface area contributed by atoms with Gasteiger partial charge in [-0.15, -0.1) is 0 Å². The van der Waals surface area contributed by atoms with Crippen molar-refractivity contribution in [2.75, 3.05) is 24.6 Å². The number of carbonyl (C=O) groups excluding carboxylic acids is 2. The predicted octanol–water partition coefficient (Wildman–Crippen LogP) is 4.31. The van der Waals surface area contributed by atoms with Crippen LogP contribution in [0.5, 0.6) is 0 Å². The number of Topliss-reactive ketones (excluding diaryl/α,β-unsaturated/α-hetero) is 1. The number of amides is 1. The summed E-state index contributed by atoms with van der Waals surface area (Å²) in [5.41, 5.74) is 6.63. The van der Waals surface area contributed by atoms with E-state index in [9.17, 15) is 9.59 Å². The zero-order valence-electron chi connectivity index (χ0n) is 20.5. The molecule has 6 heteroatoms. The molecule has 0 unspecified atom stereocenters. The van der Waals surface area contributed by atoms with Crippen molar-refractivity contribution >= 4 is 17.4 Å². The largest absolute Gasteiger partial charge is 0.396 e. The molecule has 0 radical (unpaired) electrons. The summed E-state index contributed by atoms with van der Waals surface area (Å²) >= 11 is 0. The SMILES string of the molecule is CC(C)c1cccc(CC(=O)c2cccc(N3CCc4c(cncc4C(=O)NCCCO)C3)c2)c1. The number of nitrogens with zero attached hydrogens (tertiary/aromatic N) is 2. The van der Waals surface area contributed by atoms with Crippen molar-refractivity contribution in [3.8, 4) is 0 Å². The normalized spacial score (nSPS) is 13.0. The summed E-state index contributed by atoms with van der Waals surface area (Å²) in [7, 11) is 0.